The summed E-state index contributed by atoms with van der Waals surface area (Å²) in [4.78, 5) is 13.3. The molecule has 1 aliphatic rings. The molecule has 20 heavy (non-hydrogen) atoms. The zero-order chi connectivity index (χ0) is 14.4. The minimum absolute atomic E-state index is 0.0329. The number of halogens is 1. The number of benzene rings is 1. The van der Waals surface area contributed by atoms with Gasteiger partial charge in [0.2, 0.25) is 0 Å². The zero-order valence-corrected chi connectivity index (χ0v) is 10.8. The van der Waals surface area contributed by atoms with Crippen molar-refractivity contribution >= 4 is 36.1 Å². The quantitative estimate of drug-likeness (QED) is 0.704. The van der Waals surface area contributed by atoms with E-state index in [2.05, 4.69) is 10.4 Å². The standard InChI is InChI=1S/C12H12BFN4O2/c1-17-10-6(2-3-7(13)9(10)14)11(16-17)18-5-4-8(19)15-12(18)20/h2-3,8,19H,4-5H2,1H3,(H,15,20). The molecule has 1 saturated heterocycles. The monoisotopic (exact) mass is 274 g/mol. The fourth-order valence-corrected chi connectivity index (χ4v) is 2.37. The summed E-state index contributed by atoms with van der Waals surface area (Å²) in [6.07, 6.45) is -0.484. The van der Waals surface area contributed by atoms with Crippen LogP contribution >= 0.6 is 0 Å². The number of nitrogens with zero attached hydrogens (tertiary/aromatic N) is 3. The van der Waals surface area contributed by atoms with Crippen LogP contribution in [0, 0.1) is 5.82 Å². The molecule has 2 heterocycles. The third kappa shape index (κ3) is 1.84. The molecule has 3 rings (SSSR count). The van der Waals surface area contributed by atoms with Crippen LogP contribution in [0.1, 0.15) is 6.42 Å². The minimum Gasteiger partial charge on any atom is -0.374 e. The molecule has 0 bridgehead atoms. The zero-order valence-electron chi connectivity index (χ0n) is 10.8. The molecule has 6 nitrogen and oxygen atoms in total. The van der Waals surface area contributed by atoms with Gasteiger partial charge in [0.25, 0.3) is 0 Å². The second kappa shape index (κ2) is 4.48. The first-order valence-corrected chi connectivity index (χ1v) is 6.16. The Balaban J connectivity index is 2.13. The molecular weight excluding hydrogens is 262 g/mol. The number of anilines is 1. The number of aromatic nitrogens is 2. The highest BCUT2D eigenvalue weighted by molar-refractivity contribution is 6.33. The number of amides is 2. The second-order valence-electron chi connectivity index (χ2n) is 4.72. The number of aliphatic hydroxyl groups is 1. The van der Waals surface area contributed by atoms with Crippen molar-refractivity contribution < 1.29 is 14.3 Å². The summed E-state index contributed by atoms with van der Waals surface area (Å²) < 4.78 is 15.4. The molecule has 0 spiro atoms. The van der Waals surface area contributed by atoms with E-state index in [1.54, 1.807) is 13.1 Å². The van der Waals surface area contributed by atoms with Crippen molar-refractivity contribution in [3.63, 3.8) is 0 Å². The molecule has 1 fully saturated rings. The van der Waals surface area contributed by atoms with Gasteiger partial charge < -0.3 is 10.4 Å². The summed E-state index contributed by atoms with van der Waals surface area (Å²) in [6, 6.07) is 2.62. The predicted molar refractivity (Wildman–Crippen MR) is 72.6 cm³/mol. The first-order valence-electron chi connectivity index (χ1n) is 6.16. The van der Waals surface area contributed by atoms with Gasteiger partial charge >= 0.3 is 6.03 Å². The normalized spacial score (nSPS) is 19.4. The van der Waals surface area contributed by atoms with Crippen LogP contribution in [0.15, 0.2) is 12.1 Å². The maximum atomic E-state index is 14.1. The van der Waals surface area contributed by atoms with E-state index in [0.717, 1.165) is 0 Å². The van der Waals surface area contributed by atoms with Gasteiger partial charge in [0.1, 0.15) is 25.4 Å². The third-order valence-corrected chi connectivity index (χ3v) is 3.37. The lowest BCUT2D eigenvalue weighted by atomic mass is 9.94. The number of carbonyl (C=O) groups excluding carboxylic acids is 1. The smallest absolute Gasteiger partial charge is 0.325 e. The minimum atomic E-state index is -0.860. The highest BCUT2D eigenvalue weighted by Gasteiger charge is 2.28. The van der Waals surface area contributed by atoms with Gasteiger partial charge in [0.05, 0.1) is 0 Å². The van der Waals surface area contributed by atoms with Gasteiger partial charge in [-0.05, 0) is 6.07 Å². The van der Waals surface area contributed by atoms with Crippen molar-refractivity contribution in [1.82, 2.24) is 15.1 Å². The van der Waals surface area contributed by atoms with Crippen molar-refractivity contribution in [3.05, 3.63) is 17.9 Å². The van der Waals surface area contributed by atoms with Gasteiger partial charge in [-0.25, -0.2) is 9.18 Å². The number of hydrogen-bond donors (Lipinski definition) is 2. The SMILES string of the molecule is [B]c1ccc2c(N3CCC(O)NC3=O)nn(C)c2c1F. The van der Waals surface area contributed by atoms with Crippen molar-refractivity contribution in [1.29, 1.82) is 0 Å². The molecule has 1 aliphatic heterocycles. The number of rotatable bonds is 1. The van der Waals surface area contributed by atoms with Crippen LogP contribution in [0.25, 0.3) is 10.9 Å². The second-order valence-corrected chi connectivity index (χ2v) is 4.72. The average Bonchev–Trinajstić information content (AvgIpc) is 2.72. The van der Waals surface area contributed by atoms with E-state index in [4.69, 9.17) is 7.85 Å². The highest BCUT2D eigenvalue weighted by Crippen LogP contribution is 2.27. The molecule has 0 aliphatic carbocycles. The Labute approximate surface area is 115 Å². The molecule has 2 N–H and O–H groups in total. The lowest BCUT2D eigenvalue weighted by Gasteiger charge is -2.29. The Kier molecular flexibility index (Phi) is 2.90. The van der Waals surface area contributed by atoms with Crippen LogP contribution in [0.5, 0.6) is 0 Å². The van der Waals surface area contributed by atoms with Crippen LogP contribution < -0.4 is 15.7 Å². The van der Waals surface area contributed by atoms with Gasteiger partial charge in [-0.2, -0.15) is 5.10 Å². The Morgan fingerprint density at radius 3 is 3.00 bits per heavy atom. The van der Waals surface area contributed by atoms with E-state index in [9.17, 15) is 14.3 Å². The summed E-state index contributed by atoms with van der Waals surface area (Å²) in [6.45, 7) is 0.311. The van der Waals surface area contributed by atoms with E-state index in [-0.39, 0.29) is 11.0 Å². The van der Waals surface area contributed by atoms with Crippen LogP contribution in [0.3, 0.4) is 0 Å². The van der Waals surface area contributed by atoms with Crippen molar-refractivity contribution in [3.8, 4) is 0 Å². The molecule has 1 atom stereocenters. The summed E-state index contributed by atoms with van der Waals surface area (Å²) in [5.74, 6) is -0.202. The lowest BCUT2D eigenvalue weighted by molar-refractivity contribution is 0.125. The summed E-state index contributed by atoms with van der Waals surface area (Å²) in [7, 11) is 7.13. The largest absolute Gasteiger partial charge is 0.374 e. The third-order valence-electron chi connectivity index (χ3n) is 3.37. The number of hydrogen-bond acceptors (Lipinski definition) is 3. The molecular formula is C12H12BFN4O2. The molecule has 1 aromatic heterocycles. The molecule has 2 radical (unpaired) electrons. The van der Waals surface area contributed by atoms with E-state index >= 15 is 0 Å². The fraction of sp³-hybridized carbons (Fsp3) is 0.333. The van der Waals surface area contributed by atoms with Gasteiger partial charge in [-0.1, -0.05) is 11.5 Å². The first kappa shape index (κ1) is 12.9. The fourth-order valence-electron chi connectivity index (χ4n) is 2.37. The van der Waals surface area contributed by atoms with Crippen LogP contribution in [0.4, 0.5) is 15.0 Å². The van der Waals surface area contributed by atoms with Gasteiger partial charge in [-0.15, -0.1) is 0 Å². The molecule has 8 heteroatoms. The van der Waals surface area contributed by atoms with Crippen molar-refractivity contribution in [2.24, 2.45) is 7.05 Å². The van der Waals surface area contributed by atoms with E-state index < -0.39 is 18.1 Å². The highest BCUT2D eigenvalue weighted by atomic mass is 19.1. The summed E-state index contributed by atoms with van der Waals surface area (Å²) in [5, 5.41) is 16.5. The molecule has 0 saturated carbocycles. The predicted octanol–water partition coefficient (Wildman–Crippen LogP) is -0.256. The summed E-state index contributed by atoms with van der Waals surface area (Å²) >= 11 is 0. The molecule has 1 unspecified atom stereocenters. The van der Waals surface area contributed by atoms with Crippen molar-refractivity contribution in [2.45, 2.75) is 12.6 Å². The lowest BCUT2D eigenvalue weighted by Crippen LogP contribution is -2.52. The average molecular weight is 274 g/mol. The van der Waals surface area contributed by atoms with Crippen LogP contribution in [-0.4, -0.2) is 41.5 Å². The Morgan fingerprint density at radius 2 is 2.30 bits per heavy atom. The Hall–Kier alpha value is -2.09. The van der Waals surface area contributed by atoms with Crippen molar-refractivity contribution in [2.75, 3.05) is 11.4 Å². The Bertz CT molecular complexity index is 702. The van der Waals surface area contributed by atoms with E-state index in [1.807, 2.05) is 0 Å². The first-order chi connectivity index (χ1) is 9.49. The molecule has 2 amide bonds. The number of aryl methyl sites for hydroxylation is 1. The molecule has 2 aromatic rings. The number of aliphatic hydroxyl groups excluding tert-OH is 1. The summed E-state index contributed by atoms with van der Waals surface area (Å²) in [5.41, 5.74) is 0.282. The van der Waals surface area contributed by atoms with Crippen LogP contribution in [0.2, 0.25) is 0 Å². The number of carbonyl (C=O) groups is 1. The number of urea groups is 1. The Morgan fingerprint density at radius 1 is 1.55 bits per heavy atom. The molecule has 102 valence electrons. The number of fused-ring (bicyclic) bond motifs is 1. The van der Waals surface area contributed by atoms with E-state index in [1.165, 1.54) is 15.6 Å². The molecule has 1 aromatic carbocycles. The van der Waals surface area contributed by atoms with Crippen LogP contribution in [-0.2, 0) is 7.05 Å². The van der Waals surface area contributed by atoms with Gasteiger partial charge in [0, 0.05) is 25.4 Å². The van der Waals surface area contributed by atoms with Gasteiger partial charge in [0.15, 0.2) is 5.82 Å². The maximum Gasteiger partial charge on any atom is 0.325 e. The number of nitrogens with one attached hydrogen (secondary N) is 1. The van der Waals surface area contributed by atoms with E-state index in [0.29, 0.717) is 24.2 Å². The van der Waals surface area contributed by atoms with Gasteiger partial charge in [-0.3, -0.25) is 9.58 Å². The topological polar surface area (TPSA) is 70.4 Å². The maximum absolute atomic E-state index is 14.1.